The monoisotopic (exact) mass is 488 g/mol. The van der Waals surface area contributed by atoms with Crippen molar-refractivity contribution in [3.05, 3.63) is 70.8 Å². The lowest BCUT2D eigenvalue weighted by Crippen LogP contribution is -2.48. The molecule has 0 bridgehead atoms. The summed E-state index contributed by atoms with van der Waals surface area (Å²) in [4.78, 5) is 23.4. The van der Waals surface area contributed by atoms with Gasteiger partial charge in [-0.2, -0.15) is 13.2 Å². The zero-order valence-electron chi connectivity index (χ0n) is 18.5. The van der Waals surface area contributed by atoms with Crippen LogP contribution in [0.3, 0.4) is 0 Å². The van der Waals surface area contributed by atoms with Crippen LogP contribution in [0.4, 0.5) is 22.0 Å². The average Bonchev–Trinajstić information content (AvgIpc) is 2.74. The van der Waals surface area contributed by atoms with Gasteiger partial charge in [0.15, 0.2) is 0 Å². The van der Waals surface area contributed by atoms with Crippen molar-refractivity contribution in [3.63, 3.8) is 0 Å². The number of hydrogen-bond donors (Lipinski definition) is 3. The number of esters is 1. The lowest BCUT2D eigenvalue weighted by Gasteiger charge is -2.27. The Bertz CT molecular complexity index is 979. The Kier molecular flexibility index (Phi) is 9.51. The van der Waals surface area contributed by atoms with E-state index in [1.165, 1.54) is 19.1 Å². The maximum absolute atomic E-state index is 13.5. The van der Waals surface area contributed by atoms with Gasteiger partial charge in [-0.15, -0.1) is 0 Å². The molecule has 1 amide bonds. The predicted molar refractivity (Wildman–Crippen MR) is 112 cm³/mol. The maximum atomic E-state index is 13.5. The standard InChI is InChI=1S/C23H25F5N2O4/c1-13(31)30-20(8-14-6-17(24)10-18(25)7-14)21(32)12-29-19(11-22(33)34-2)15-4-3-5-16(9-15)23(26,27)28/h3-7,9-10,19-21,29,32H,8,11-12H2,1-2H3,(H,30,31)/t19?,20-,21+/m0/s1. The van der Waals surface area contributed by atoms with Gasteiger partial charge in [0.1, 0.15) is 11.6 Å². The van der Waals surface area contributed by atoms with E-state index in [9.17, 15) is 36.6 Å². The molecule has 2 rings (SSSR count). The molecule has 0 aliphatic carbocycles. The second-order valence-corrected chi connectivity index (χ2v) is 7.72. The Morgan fingerprint density at radius 3 is 2.29 bits per heavy atom. The molecule has 3 N–H and O–H groups in total. The van der Waals surface area contributed by atoms with Crippen molar-refractivity contribution in [2.75, 3.05) is 13.7 Å². The van der Waals surface area contributed by atoms with Gasteiger partial charge in [0.25, 0.3) is 0 Å². The molecule has 0 heterocycles. The van der Waals surface area contributed by atoms with Crippen molar-refractivity contribution in [1.82, 2.24) is 10.6 Å². The third-order valence-electron chi connectivity index (χ3n) is 5.02. The number of ether oxygens (including phenoxy) is 1. The number of nitrogens with one attached hydrogen (secondary N) is 2. The molecule has 3 atom stereocenters. The van der Waals surface area contributed by atoms with Crippen LogP contribution >= 0.6 is 0 Å². The van der Waals surface area contributed by atoms with Crippen molar-refractivity contribution in [2.45, 2.75) is 44.1 Å². The number of halogens is 5. The number of carbonyl (C=O) groups excluding carboxylic acids is 2. The molecule has 6 nitrogen and oxygen atoms in total. The lowest BCUT2D eigenvalue weighted by molar-refractivity contribution is -0.141. The average molecular weight is 488 g/mol. The highest BCUT2D eigenvalue weighted by atomic mass is 19.4. The molecule has 34 heavy (non-hydrogen) atoms. The number of methoxy groups -OCH3 is 1. The summed E-state index contributed by atoms with van der Waals surface area (Å²) in [6.45, 7) is 0.933. The topological polar surface area (TPSA) is 87.7 Å². The van der Waals surface area contributed by atoms with Gasteiger partial charge in [-0.05, 0) is 41.8 Å². The van der Waals surface area contributed by atoms with E-state index >= 15 is 0 Å². The molecule has 1 unspecified atom stereocenters. The summed E-state index contributed by atoms with van der Waals surface area (Å²) in [7, 11) is 1.13. The molecule has 0 aliphatic rings. The Hall–Kier alpha value is -3.05. The van der Waals surface area contributed by atoms with Gasteiger partial charge in [0.2, 0.25) is 5.91 Å². The molecule has 11 heteroatoms. The first-order valence-electron chi connectivity index (χ1n) is 10.3. The van der Waals surface area contributed by atoms with Crippen LogP contribution in [0.15, 0.2) is 42.5 Å². The summed E-state index contributed by atoms with van der Waals surface area (Å²) >= 11 is 0. The summed E-state index contributed by atoms with van der Waals surface area (Å²) < 4.78 is 71.0. The van der Waals surface area contributed by atoms with E-state index in [2.05, 4.69) is 15.4 Å². The fourth-order valence-electron chi connectivity index (χ4n) is 3.42. The van der Waals surface area contributed by atoms with E-state index in [4.69, 9.17) is 0 Å². The summed E-state index contributed by atoms with van der Waals surface area (Å²) in [5.74, 6) is -2.86. The smallest absolute Gasteiger partial charge is 0.416 e. The number of carbonyl (C=O) groups is 2. The summed E-state index contributed by atoms with van der Waals surface area (Å²) in [5.41, 5.74) is -0.596. The molecule has 186 valence electrons. The van der Waals surface area contributed by atoms with Crippen LogP contribution < -0.4 is 10.6 Å². The second kappa shape index (κ2) is 11.9. The number of hydrogen-bond acceptors (Lipinski definition) is 5. The van der Waals surface area contributed by atoms with Crippen LogP contribution in [0.1, 0.15) is 36.1 Å². The van der Waals surface area contributed by atoms with Gasteiger partial charge in [-0.25, -0.2) is 8.78 Å². The Morgan fingerprint density at radius 2 is 1.74 bits per heavy atom. The van der Waals surface area contributed by atoms with Crippen molar-refractivity contribution in [2.24, 2.45) is 0 Å². The van der Waals surface area contributed by atoms with Crippen LogP contribution in [0.2, 0.25) is 0 Å². The Morgan fingerprint density at radius 1 is 1.09 bits per heavy atom. The van der Waals surface area contributed by atoms with Crippen LogP contribution in [-0.4, -0.2) is 42.8 Å². The van der Waals surface area contributed by atoms with Crippen LogP contribution in [-0.2, 0) is 26.9 Å². The van der Waals surface area contributed by atoms with Crippen LogP contribution in [0.5, 0.6) is 0 Å². The summed E-state index contributed by atoms with van der Waals surface area (Å²) in [6.07, 6.45) is -6.37. The minimum Gasteiger partial charge on any atom is -0.469 e. The quantitative estimate of drug-likeness (QED) is 0.353. The van der Waals surface area contributed by atoms with Crippen molar-refractivity contribution < 1.29 is 41.4 Å². The van der Waals surface area contributed by atoms with Crippen LogP contribution in [0.25, 0.3) is 0 Å². The largest absolute Gasteiger partial charge is 0.469 e. The van der Waals surface area contributed by atoms with Gasteiger partial charge in [0, 0.05) is 25.6 Å². The first-order chi connectivity index (χ1) is 15.9. The maximum Gasteiger partial charge on any atom is 0.416 e. The first kappa shape index (κ1) is 27.2. The third kappa shape index (κ3) is 8.38. The fraction of sp³-hybridized carbons (Fsp3) is 0.391. The normalized spacial score (nSPS) is 14.2. The Balaban J connectivity index is 2.21. The second-order valence-electron chi connectivity index (χ2n) is 7.72. The first-order valence-corrected chi connectivity index (χ1v) is 10.3. The molecule has 0 saturated carbocycles. The number of benzene rings is 2. The van der Waals surface area contributed by atoms with E-state index in [0.717, 1.165) is 31.4 Å². The molecule has 0 radical (unpaired) electrons. The van der Waals surface area contributed by atoms with E-state index < -0.39 is 53.4 Å². The zero-order chi connectivity index (χ0) is 25.5. The number of amides is 1. The number of aliphatic hydroxyl groups excluding tert-OH is 1. The molecule has 0 spiro atoms. The molecule has 0 aliphatic heterocycles. The summed E-state index contributed by atoms with van der Waals surface area (Å²) in [6, 6.07) is 5.22. The van der Waals surface area contributed by atoms with Crippen LogP contribution in [0, 0.1) is 11.6 Å². The third-order valence-corrected chi connectivity index (χ3v) is 5.02. The minimum atomic E-state index is -4.60. The Labute approximate surface area is 193 Å². The predicted octanol–water partition coefficient (Wildman–Crippen LogP) is 3.29. The SMILES string of the molecule is COC(=O)CC(NC[C@@H](O)[C@H](Cc1cc(F)cc(F)c1)NC(C)=O)c1cccc(C(F)(F)F)c1. The van der Waals surface area contributed by atoms with Crippen molar-refractivity contribution >= 4 is 11.9 Å². The molecule has 0 fully saturated rings. The fourth-order valence-corrected chi connectivity index (χ4v) is 3.42. The van der Waals surface area contributed by atoms with E-state index in [0.29, 0.717) is 6.07 Å². The highest BCUT2D eigenvalue weighted by Gasteiger charge is 2.31. The highest BCUT2D eigenvalue weighted by molar-refractivity contribution is 5.73. The van der Waals surface area contributed by atoms with E-state index in [-0.39, 0.29) is 30.5 Å². The zero-order valence-corrected chi connectivity index (χ0v) is 18.5. The van der Waals surface area contributed by atoms with Gasteiger partial charge < -0.3 is 20.5 Å². The van der Waals surface area contributed by atoms with Crippen molar-refractivity contribution in [3.8, 4) is 0 Å². The van der Waals surface area contributed by atoms with Crippen molar-refractivity contribution in [1.29, 1.82) is 0 Å². The molecule has 0 aromatic heterocycles. The molecular formula is C23H25F5N2O4. The molecule has 2 aromatic rings. The van der Waals surface area contributed by atoms with E-state index in [1.54, 1.807) is 0 Å². The van der Waals surface area contributed by atoms with Gasteiger partial charge in [-0.1, -0.05) is 12.1 Å². The van der Waals surface area contributed by atoms with Gasteiger partial charge >= 0.3 is 12.1 Å². The molecule has 0 saturated heterocycles. The number of alkyl halides is 3. The van der Waals surface area contributed by atoms with Gasteiger partial charge in [0.05, 0.1) is 31.2 Å². The lowest BCUT2D eigenvalue weighted by atomic mass is 9.98. The molecular weight excluding hydrogens is 463 g/mol. The highest BCUT2D eigenvalue weighted by Crippen LogP contribution is 2.31. The van der Waals surface area contributed by atoms with Gasteiger partial charge in [-0.3, -0.25) is 9.59 Å². The number of aliphatic hydroxyl groups is 1. The summed E-state index contributed by atoms with van der Waals surface area (Å²) in [5, 5.41) is 16.0. The number of rotatable bonds is 10. The minimum absolute atomic E-state index is 0.123. The van der Waals surface area contributed by atoms with E-state index in [1.807, 2.05) is 0 Å². The molecule has 2 aromatic carbocycles.